The van der Waals surface area contributed by atoms with Crippen molar-refractivity contribution in [3.8, 4) is 0 Å². The molecule has 0 bridgehead atoms. The number of hydrogen-bond acceptors (Lipinski definition) is 7. The lowest BCUT2D eigenvalue weighted by atomic mass is 10.0. The number of carboxylic acids is 1. The van der Waals surface area contributed by atoms with E-state index in [1.165, 1.54) is 0 Å². The number of guanidine groups is 1. The number of amides is 3. The molecule has 0 aromatic carbocycles. The second kappa shape index (κ2) is 13.3. The first-order valence-corrected chi connectivity index (χ1v) is 9.02. The number of carbonyl (C=O) groups excluding carboxylic acids is 3. The summed E-state index contributed by atoms with van der Waals surface area (Å²) in [6.07, 6.45) is 0.316. The summed E-state index contributed by atoms with van der Waals surface area (Å²) < 4.78 is 0. The zero-order chi connectivity index (χ0) is 22.6. The van der Waals surface area contributed by atoms with Gasteiger partial charge in [-0.15, -0.1) is 0 Å². The van der Waals surface area contributed by atoms with Gasteiger partial charge < -0.3 is 43.4 Å². The third kappa shape index (κ3) is 10.3. The summed E-state index contributed by atoms with van der Waals surface area (Å²) in [7, 11) is 0. The number of nitrogens with one attached hydrogen (secondary N) is 3. The van der Waals surface area contributed by atoms with Gasteiger partial charge in [-0.1, -0.05) is 13.8 Å². The monoisotopic (exact) mass is 417 g/mol. The zero-order valence-electron chi connectivity index (χ0n) is 16.6. The van der Waals surface area contributed by atoms with Gasteiger partial charge in [0.05, 0.1) is 13.2 Å². The molecule has 3 amide bonds. The minimum atomic E-state index is -1.40. The summed E-state index contributed by atoms with van der Waals surface area (Å²) in [6.45, 7) is 2.44. The molecule has 0 saturated carbocycles. The van der Waals surface area contributed by atoms with E-state index in [-0.39, 0.29) is 37.8 Å². The maximum Gasteiger partial charge on any atom is 0.326 e. The summed E-state index contributed by atoms with van der Waals surface area (Å²) in [5.41, 5.74) is 15.6. The minimum Gasteiger partial charge on any atom is -0.480 e. The van der Waals surface area contributed by atoms with Gasteiger partial charge in [0, 0.05) is 6.54 Å². The molecule has 29 heavy (non-hydrogen) atoms. The Hall–Kier alpha value is -2.93. The smallest absolute Gasteiger partial charge is 0.326 e. The first kappa shape index (κ1) is 26.1. The van der Waals surface area contributed by atoms with E-state index < -0.39 is 48.4 Å². The molecule has 11 N–H and O–H groups in total. The van der Waals surface area contributed by atoms with E-state index in [9.17, 15) is 29.4 Å². The van der Waals surface area contributed by atoms with Crippen LogP contribution in [0.15, 0.2) is 4.99 Å². The number of nitrogens with two attached hydrogens (primary N) is 3. The van der Waals surface area contributed by atoms with Crippen molar-refractivity contribution in [2.24, 2.45) is 28.1 Å². The Morgan fingerprint density at radius 2 is 1.59 bits per heavy atom. The fourth-order valence-electron chi connectivity index (χ4n) is 2.26. The van der Waals surface area contributed by atoms with E-state index in [4.69, 9.17) is 17.2 Å². The van der Waals surface area contributed by atoms with Crippen molar-refractivity contribution in [1.82, 2.24) is 16.0 Å². The Morgan fingerprint density at radius 3 is 2.03 bits per heavy atom. The molecule has 13 nitrogen and oxygen atoms in total. The Morgan fingerprint density at radius 1 is 1.00 bits per heavy atom. The molecular formula is C16H31N7O6. The fraction of sp³-hybridized carbons (Fsp3) is 0.688. The largest absolute Gasteiger partial charge is 0.480 e. The van der Waals surface area contributed by atoms with Crippen molar-refractivity contribution in [3.05, 3.63) is 0 Å². The molecule has 0 aromatic rings. The van der Waals surface area contributed by atoms with Crippen LogP contribution in [0.2, 0.25) is 0 Å². The van der Waals surface area contributed by atoms with Crippen molar-refractivity contribution in [1.29, 1.82) is 0 Å². The van der Waals surface area contributed by atoms with E-state index in [2.05, 4.69) is 20.9 Å². The lowest BCUT2D eigenvalue weighted by molar-refractivity contribution is -0.142. The number of rotatable bonds is 13. The molecule has 0 radical (unpaired) electrons. The molecule has 0 aliphatic heterocycles. The maximum atomic E-state index is 12.4. The molecule has 3 atom stereocenters. The van der Waals surface area contributed by atoms with Gasteiger partial charge in [0.25, 0.3) is 0 Å². The van der Waals surface area contributed by atoms with Crippen molar-refractivity contribution in [3.63, 3.8) is 0 Å². The Kier molecular flexibility index (Phi) is 11.9. The topological polar surface area (TPSA) is 235 Å². The van der Waals surface area contributed by atoms with Crippen LogP contribution in [-0.4, -0.2) is 77.7 Å². The zero-order valence-corrected chi connectivity index (χ0v) is 16.6. The maximum absolute atomic E-state index is 12.4. The molecule has 0 saturated heterocycles. The number of aliphatic carboxylic acids is 1. The summed E-state index contributed by atoms with van der Waals surface area (Å²) in [5, 5.41) is 25.7. The summed E-state index contributed by atoms with van der Waals surface area (Å²) in [5.74, 6) is -3.91. The highest BCUT2D eigenvalue weighted by molar-refractivity contribution is 5.93. The van der Waals surface area contributed by atoms with Crippen LogP contribution in [-0.2, 0) is 19.2 Å². The normalized spacial score (nSPS) is 13.7. The number of aliphatic imine (C=N–C) groups is 1. The van der Waals surface area contributed by atoms with E-state index in [1.54, 1.807) is 13.8 Å². The number of carbonyl (C=O) groups is 4. The van der Waals surface area contributed by atoms with Crippen LogP contribution < -0.4 is 33.2 Å². The van der Waals surface area contributed by atoms with Gasteiger partial charge in [-0.2, -0.15) is 0 Å². The molecule has 0 aromatic heterocycles. The molecule has 3 unspecified atom stereocenters. The van der Waals surface area contributed by atoms with Crippen LogP contribution in [0, 0.1) is 5.92 Å². The highest BCUT2D eigenvalue weighted by Crippen LogP contribution is 2.04. The summed E-state index contributed by atoms with van der Waals surface area (Å²) >= 11 is 0. The van der Waals surface area contributed by atoms with Crippen LogP contribution in [0.5, 0.6) is 0 Å². The Bertz CT molecular complexity index is 607. The van der Waals surface area contributed by atoms with Gasteiger partial charge in [-0.25, -0.2) is 4.79 Å². The number of hydrogen-bond donors (Lipinski definition) is 8. The molecule has 13 heteroatoms. The molecule has 0 aliphatic rings. The Labute approximate surface area is 168 Å². The van der Waals surface area contributed by atoms with Gasteiger partial charge in [-0.3, -0.25) is 19.4 Å². The van der Waals surface area contributed by atoms with Gasteiger partial charge in [-0.05, 0) is 18.8 Å². The number of nitrogens with zero attached hydrogens (tertiary/aromatic N) is 1. The minimum absolute atomic E-state index is 0.0329. The molecular weight excluding hydrogens is 386 g/mol. The average Bonchev–Trinajstić information content (AvgIpc) is 2.64. The second-order valence-electron chi connectivity index (χ2n) is 6.59. The molecule has 0 rings (SSSR count). The van der Waals surface area contributed by atoms with Crippen molar-refractivity contribution < 1.29 is 29.4 Å². The van der Waals surface area contributed by atoms with E-state index in [0.717, 1.165) is 0 Å². The van der Waals surface area contributed by atoms with E-state index in [1.807, 2.05) is 0 Å². The first-order chi connectivity index (χ1) is 13.5. The van der Waals surface area contributed by atoms with Gasteiger partial charge >= 0.3 is 5.97 Å². The quantitative estimate of drug-likeness (QED) is 0.0831. The highest BCUT2D eigenvalue weighted by atomic mass is 16.4. The van der Waals surface area contributed by atoms with Crippen LogP contribution >= 0.6 is 0 Å². The molecule has 0 fully saturated rings. The molecule has 0 heterocycles. The van der Waals surface area contributed by atoms with Crippen molar-refractivity contribution >= 4 is 29.7 Å². The van der Waals surface area contributed by atoms with Crippen LogP contribution in [0.3, 0.4) is 0 Å². The average molecular weight is 417 g/mol. The number of aliphatic hydroxyl groups is 1. The van der Waals surface area contributed by atoms with Crippen LogP contribution in [0.25, 0.3) is 0 Å². The lowest BCUT2D eigenvalue weighted by Gasteiger charge is -2.25. The summed E-state index contributed by atoms with van der Waals surface area (Å²) in [6, 6.07) is -3.65. The molecule has 166 valence electrons. The highest BCUT2D eigenvalue weighted by Gasteiger charge is 2.30. The number of carboxylic acid groups (broad SMARTS) is 1. The Balaban J connectivity index is 4.97. The van der Waals surface area contributed by atoms with Crippen LogP contribution in [0.1, 0.15) is 26.7 Å². The number of aliphatic hydroxyl groups excluding tert-OH is 1. The molecule has 0 spiro atoms. The first-order valence-electron chi connectivity index (χ1n) is 9.02. The molecule has 0 aliphatic carbocycles. The fourth-order valence-corrected chi connectivity index (χ4v) is 2.26. The second-order valence-corrected chi connectivity index (χ2v) is 6.59. The van der Waals surface area contributed by atoms with Crippen molar-refractivity contribution in [2.75, 3.05) is 19.7 Å². The third-order valence-electron chi connectivity index (χ3n) is 3.83. The van der Waals surface area contributed by atoms with Crippen molar-refractivity contribution in [2.45, 2.75) is 44.8 Å². The van der Waals surface area contributed by atoms with Gasteiger partial charge in [0.15, 0.2) is 5.96 Å². The van der Waals surface area contributed by atoms with E-state index in [0.29, 0.717) is 0 Å². The predicted molar refractivity (Wildman–Crippen MR) is 104 cm³/mol. The standard InChI is InChI=1S/C16H31N7O6/c1-8(2)12(23-11(25)6-17)14(27)22-10(7-24)13(26)21-9(15(28)29)4-3-5-20-16(18)19/h8-10,12,24H,3-7,17H2,1-2H3,(H,21,26)(H,22,27)(H,23,25)(H,28,29)(H4,18,19,20). The van der Waals surface area contributed by atoms with Gasteiger partial charge in [0.2, 0.25) is 17.7 Å². The van der Waals surface area contributed by atoms with Crippen LogP contribution in [0.4, 0.5) is 0 Å². The predicted octanol–water partition coefficient (Wildman–Crippen LogP) is -3.81. The third-order valence-corrected chi connectivity index (χ3v) is 3.83. The van der Waals surface area contributed by atoms with E-state index >= 15 is 0 Å². The SMILES string of the molecule is CC(C)C(NC(=O)CN)C(=O)NC(CO)C(=O)NC(CCCN=C(N)N)C(=O)O. The van der Waals surface area contributed by atoms with Gasteiger partial charge in [0.1, 0.15) is 18.1 Å². The lowest BCUT2D eigenvalue weighted by Crippen LogP contribution is -2.58. The summed E-state index contributed by atoms with van der Waals surface area (Å²) in [4.78, 5) is 51.2.